The van der Waals surface area contributed by atoms with Gasteiger partial charge in [-0.3, -0.25) is 4.79 Å². The van der Waals surface area contributed by atoms with Crippen molar-refractivity contribution in [2.45, 2.75) is 19.6 Å². The number of furan rings is 1. The van der Waals surface area contributed by atoms with Gasteiger partial charge in [0.05, 0.1) is 17.0 Å². The smallest absolute Gasteiger partial charge is 0.253 e. The zero-order valence-electron chi connectivity index (χ0n) is 10.9. The van der Waals surface area contributed by atoms with Crippen molar-refractivity contribution in [1.29, 1.82) is 0 Å². The Bertz CT molecular complexity index is 584. The minimum Gasteiger partial charge on any atom is -0.467 e. The number of hydrogen-bond acceptors (Lipinski definition) is 4. The number of rotatable bonds is 5. The third-order valence-electron chi connectivity index (χ3n) is 2.69. The predicted molar refractivity (Wildman–Crippen MR) is 77.5 cm³/mol. The monoisotopic (exact) mass is 294 g/mol. The van der Waals surface area contributed by atoms with E-state index in [1.807, 2.05) is 0 Å². The van der Waals surface area contributed by atoms with Crippen molar-refractivity contribution < 1.29 is 13.9 Å². The van der Waals surface area contributed by atoms with Crippen molar-refractivity contribution in [3.05, 3.63) is 47.4 Å². The Labute approximate surface area is 121 Å². The van der Waals surface area contributed by atoms with Crippen LogP contribution in [0, 0.1) is 0 Å². The lowest BCUT2D eigenvalue weighted by molar-refractivity contribution is -0.127. The maximum absolute atomic E-state index is 11.9. The van der Waals surface area contributed by atoms with Crippen molar-refractivity contribution in [3.8, 4) is 0 Å². The largest absolute Gasteiger partial charge is 0.467 e. The summed E-state index contributed by atoms with van der Waals surface area (Å²) in [4.78, 5) is 11.9. The summed E-state index contributed by atoms with van der Waals surface area (Å²) < 4.78 is 10.5. The third-order valence-corrected chi connectivity index (χ3v) is 3.03. The van der Waals surface area contributed by atoms with Crippen molar-refractivity contribution in [2.75, 3.05) is 11.1 Å². The Balaban J connectivity index is 1.88. The summed E-state index contributed by atoms with van der Waals surface area (Å²) in [7, 11) is 0. The lowest BCUT2D eigenvalue weighted by Gasteiger charge is -2.13. The molecule has 1 heterocycles. The van der Waals surface area contributed by atoms with Gasteiger partial charge in [-0.2, -0.15) is 0 Å². The Hall–Kier alpha value is -1.98. The van der Waals surface area contributed by atoms with Gasteiger partial charge in [0, 0.05) is 5.69 Å². The van der Waals surface area contributed by atoms with Crippen LogP contribution >= 0.6 is 11.6 Å². The lowest BCUT2D eigenvalue weighted by atomic mass is 10.2. The predicted octanol–water partition coefficient (Wildman–Crippen LogP) is 3.06. The van der Waals surface area contributed by atoms with Gasteiger partial charge in [-0.15, -0.1) is 0 Å². The average Bonchev–Trinajstić information content (AvgIpc) is 2.93. The SMILES string of the molecule is CC(OCc1ccco1)C(=O)Nc1ccc(Cl)c(N)c1. The quantitative estimate of drug-likeness (QED) is 0.831. The molecule has 2 aromatic rings. The zero-order valence-corrected chi connectivity index (χ0v) is 11.7. The number of ether oxygens (including phenoxy) is 1. The first kappa shape index (κ1) is 14.4. The van der Waals surface area contributed by atoms with Crippen LogP contribution in [0.5, 0.6) is 0 Å². The van der Waals surface area contributed by atoms with Gasteiger partial charge in [0.25, 0.3) is 5.91 Å². The number of benzene rings is 1. The number of anilines is 2. The highest BCUT2D eigenvalue weighted by Gasteiger charge is 2.14. The van der Waals surface area contributed by atoms with E-state index in [-0.39, 0.29) is 12.5 Å². The average molecular weight is 295 g/mol. The van der Waals surface area contributed by atoms with Gasteiger partial charge in [-0.05, 0) is 37.3 Å². The van der Waals surface area contributed by atoms with E-state index in [0.717, 1.165) is 0 Å². The fraction of sp³-hybridized carbons (Fsp3) is 0.214. The van der Waals surface area contributed by atoms with Gasteiger partial charge in [0.15, 0.2) is 0 Å². The molecule has 1 aromatic carbocycles. The van der Waals surface area contributed by atoms with E-state index in [2.05, 4.69) is 5.32 Å². The van der Waals surface area contributed by atoms with Gasteiger partial charge in [-0.25, -0.2) is 0 Å². The first-order valence-corrected chi connectivity index (χ1v) is 6.44. The maximum atomic E-state index is 11.9. The number of carbonyl (C=O) groups is 1. The fourth-order valence-electron chi connectivity index (χ4n) is 1.54. The van der Waals surface area contributed by atoms with Crippen LogP contribution in [-0.2, 0) is 16.1 Å². The number of amides is 1. The summed E-state index contributed by atoms with van der Waals surface area (Å²) in [5, 5.41) is 3.16. The molecule has 0 saturated heterocycles. The number of hydrogen-bond donors (Lipinski definition) is 2. The van der Waals surface area contributed by atoms with Crippen LogP contribution in [0.15, 0.2) is 41.0 Å². The molecule has 1 amide bonds. The Morgan fingerprint density at radius 2 is 2.30 bits per heavy atom. The fourth-order valence-corrected chi connectivity index (χ4v) is 1.66. The molecule has 1 aromatic heterocycles. The summed E-state index contributed by atoms with van der Waals surface area (Å²) in [5.74, 6) is 0.402. The normalized spacial score (nSPS) is 12.1. The van der Waals surface area contributed by atoms with E-state index in [1.165, 1.54) is 0 Å². The zero-order chi connectivity index (χ0) is 14.5. The van der Waals surface area contributed by atoms with E-state index < -0.39 is 6.10 Å². The molecular weight excluding hydrogens is 280 g/mol. The molecule has 0 bridgehead atoms. The van der Waals surface area contributed by atoms with Crippen LogP contribution in [0.2, 0.25) is 5.02 Å². The number of nitrogen functional groups attached to an aromatic ring is 1. The van der Waals surface area contributed by atoms with Gasteiger partial charge in [0.1, 0.15) is 18.5 Å². The van der Waals surface area contributed by atoms with Crippen molar-refractivity contribution in [2.24, 2.45) is 0 Å². The second-order valence-electron chi connectivity index (χ2n) is 4.26. The van der Waals surface area contributed by atoms with Crippen LogP contribution in [0.25, 0.3) is 0 Å². The molecule has 1 unspecified atom stereocenters. The van der Waals surface area contributed by atoms with Gasteiger partial charge < -0.3 is 20.2 Å². The summed E-state index contributed by atoms with van der Waals surface area (Å²) in [6, 6.07) is 8.45. The first-order valence-electron chi connectivity index (χ1n) is 6.06. The molecular formula is C14H15ClN2O3. The number of halogens is 1. The highest BCUT2D eigenvalue weighted by molar-refractivity contribution is 6.33. The molecule has 3 N–H and O–H groups in total. The molecule has 0 aliphatic heterocycles. The minimum atomic E-state index is -0.614. The Morgan fingerprint density at radius 1 is 1.50 bits per heavy atom. The summed E-state index contributed by atoms with van der Waals surface area (Å²) >= 11 is 5.81. The van der Waals surface area contributed by atoms with Crippen LogP contribution < -0.4 is 11.1 Å². The van der Waals surface area contributed by atoms with E-state index in [1.54, 1.807) is 43.5 Å². The summed E-state index contributed by atoms with van der Waals surface area (Å²) in [6.07, 6.45) is 0.942. The molecule has 6 heteroatoms. The highest BCUT2D eigenvalue weighted by Crippen LogP contribution is 2.22. The van der Waals surface area contributed by atoms with E-state index in [4.69, 9.17) is 26.5 Å². The van der Waals surface area contributed by atoms with Crippen molar-refractivity contribution in [3.63, 3.8) is 0 Å². The number of nitrogens with two attached hydrogens (primary N) is 1. The van der Waals surface area contributed by atoms with Gasteiger partial charge in [-0.1, -0.05) is 11.6 Å². The van der Waals surface area contributed by atoms with Crippen LogP contribution in [0.3, 0.4) is 0 Å². The Kier molecular flexibility index (Phi) is 4.65. The molecule has 0 fully saturated rings. The summed E-state index contributed by atoms with van der Waals surface area (Å²) in [6.45, 7) is 1.90. The standard InChI is InChI=1S/C14H15ClN2O3/c1-9(20-8-11-3-2-6-19-11)14(18)17-10-4-5-12(15)13(16)7-10/h2-7,9H,8,16H2,1H3,(H,17,18). The Morgan fingerprint density at radius 3 is 2.95 bits per heavy atom. The van der Waals surface area contributed by atoms with Crippen LogP contribution in [0.4, 0.5) is 11.4 Å². The van der Waals surface area contributed by atoms with E-state index in [0.29, 0.717) is 22.2 Å². The van der Waals surface area contributed by atoms with Gasteiger partial charge in [0.2, 0.25) is 0 Å². The number of carbonyl (C=O) groups excluding carboxylic acids is 1. The molecule has 106 valence electrons. The van der Waals surface area contributed by atoms with Crippen LogP contribution in [-0.4, -0.2) is 12.0 Å². The third kappa shape index (κ3) is 3.76. The molecule has 0 spiro atoms. The molecule has 1 atom stereocenters. The molecule has 2 rings (SSSR count). The van der Waals surface area contributed by atoms with Crippen molar-refractivity contribution >= 4 is 28.9 Å². The van der Waals surface area contributed by atoms with Crippen LogP contribution in [0.1, 0.15) is 12.7 Å². The second-order valence-corrected chi connectivity index (χ2v) is 4.67. The highest BCUT2D eigenvalue weighted by atomic mass is 35.5. The lowest BCUT2D eigenvalue weighted by Crippen LogP contribution is -2.27. The van der Waals surface area contributed by atoms with Gasteiger partial charge >= 0.3 is 0 Å². The van der Waals surface area contributed by atoms with E-state index in [9.17, 15) is 4.79 Å². The summed E-state index contributed by atoms with van der Waals surface area (Å²) in [5.41, 5.74) is 6.65. The molecule has 5 nitrogen and oxygen atoms in total. The molecule has 0 saturated carbocycles. The molecule has 0 aliphatic carbocycles. The number of nitrogens with one attached hydrogen (secondary N) is 1. The first-order chi connectivity index (χ1) is 9.56. The molecule has 0 radical (unpaired) electrons. The molecule has 0 aliphatic rings. The molecule has 20 heavy (non-hydrogen) atoms. The van der Waals surface area contributed by atoms with E-state index >= 15 is 0 Å². The topological polar surface area (TPSA) is 77.5 Å². The minimum absolute atomic E-state index is 0.240. The second kappa shape index (κ2) is 6.45. The maximum Gasteiger partial charge on any atom is 0.253 e. The van der Waals surface area contributed by atoms with Crippen molar-refractivity contribution in [1.82, 2.24) is 0 Å².